The second-order valence-electron chi connectivity index (χ2n) is 3.77. The number of halogens is 1. The van der Waals surface area contributed by atoms with Crippen LogP contribution in [0.3, 0.4) is 0 Å². The Labute approximate surface area is 92.2 Å². The van der Waals surface area contributed by atoms with E-state index in [4.69, 9.17) is 0 Å². The molecular formula is C14H10FN. The van der Waals surface area contributed by atoms with Gasteiger partial charge < -0.3 is 4.98 Å². The quantitative estimate of drug-likeness (QED) is 0.623. The first kappa shape index (κ1) is 9.16. The minimum absolute atomic E-state index is 0.233. The Morgan fingerprint density at radius 3 is 2.69 bits per heavy atom. The van der Waals surface area contributed by atoms with E-state index in [0.29, 0.717) is 11.1 Å². The summed E-state index contributed by atoms with van der Waals surface area (Å²) in [4.78, 5) is 3.10. The molecule has 0 saturated heterocycles. The van der Waals surface area contributed by atoms with Crippen LogP contribution in [0, 0.1) is 5.82 Å². The molecule has 0 radical (unpaired) electrons. The number of H-pyrrole nitrogens is 1. The Morgan fingerprint density at radius 1 is 1.06 bits per heavy atom. The number of hydrogen-bond donors (Lipinski definition) is 1. The normalized spacial score (nSPS) is 11.1. The van der Waals surface area contributed by atoms with Gasteiger partial charge >= 0.3 is 0 Å². The zero-order valence-corrected chi connectivity index (χ0v) is 8.63. The molecule has 2 aromatic carbocycles. The van der Waals surface area contributed by atoms with Gasteiger partial charge in [-0.2, -0.15) is 0 Å². The number of hydrogen-bond acceptors (Lipinski definition) is 0. The Morgan fingerprint density at radius 2 is 1.88 bits per heavy atom. The highest BCUT2D eigenvalue weighted by molar-refractivity contribution is 6.07. The van der Waals surface area contributed by atoms with Crippen molar-refractivity contribution in [3.8, 4) is 0 Å². The lowest BCUT2D eigenvalue weighted by atomic mass is 10.1. The van der Waals surface area contributed by atoms with Crippen molar-refractivity contribution in [2.24, 2.45) is 0 Å². The minimum atomic E-state index is -0.233. The van der Waals surface area contributed by atoms with Crippen LogP contribution in [0.15, 0.2) is 43.0 Å². The smallest absolute Gasteiger partial charge is 0.154 e. The van der Waals surface area contributed by atoms with Crippen LogP contribution >= 0.6 is 0 Å². The van der Waals surface area contributed by atoms with Gasteiger partial charge in [-0.15, -0.1) is 0 Å². The molecule has 0 atom stereocenters. The maximum absolute atomic E-state index is 14.0. The average molecular weight is 211 g/mol. The summed E-state index contributed by atoms with van der Waals surface area (Å²) >= 11 is 0. The molecule has 2 heteroatoms. The number of benzene rings is 2. The van der Waals surface area contributed by atoms with Crippen LogP contribution in [0.25, 0.3) is 27.9 Å². The van der Waals surface area contributed by atoms with Gasteiger partial charge in [-0.3, -0.25) is 0 Å². The third-order valence-electron chi connectivity index (χ3n) is 2.87. The number of aromatic nitrogens is 1. The van der Waals surface area contributed by atoms with Crippen LogP contribution in [0.1, 0.15) is 5.56 Å². The lowest BCUT2D eigenvalue weighted by Gasteiger charge is -1.97. The third kappa shape index (κ3) is 1.10. The SMILES string of the molecule is C=Cc1ccc2c([nH]c3ccccc32)c1F. The fraction of sp³-hybridized carbons (Fsp3) is 0. The molecule has 0 fully saturated rings. The summed E-state index contributed by atoms with van der Waals surface area (Å²) in [5, 5.41) is 1.96. The first-order valence-corrected chi connectivity index (χ1v) is 5.12. The second kappa shape index (κ2) is 3.20. The molecule has 1 heterocycles. The molecule has 0 aliphatic heterocycles. The minimum Gasteiger partial charge on any atom is -0.352 e. The van der Waals surface area contributed by atoms with E-state index < -0.39 is 0 Å². The van der Waals surface area contributed by atoms with E-state index in [1.54, 1.807) is 6.07 Å². The lowest BCUT2D eigenvalue weighted by molar-refractivity contribution is 0.635. The van der Waals surface area contributed by atoms with Gasteiger partial charge in [0, 0.05) is 21.9 Å². The molecular weight excluding hydrogens is 201 g/mol. The highest BCUT2D eigenvalue weighted by atomic mass is 19.1. The monoisotopic (exact) mass is 211 g/mol. The van der Waals surface area contributed by atoms with E-state index in [2.05, 4.69) is 11.6 Å². The van der Waals surface area contributed by atoms with Crippen LogP contribution in [0.2, 0.25) is 0 Å². The summed E-state index contributed by atoms with van der Waals surface area (Å²) < 4.78 is 14.0. The van der Waals surface area contributed by atoms with E-state index in [-0.39, 0.29) is 5.82 Å². The number of para-hydroxylation sites is 1. The fourth-order valence-corrected chi connectivity index (χ4v) is 2.06. The molecule has 0 aliphatic rings. The summed E-state index contributed by atoms with van der Waals surface area (Å²) in [5.41, 5.74) is 2.04. The Hall–Kier alpha value is -2.09. The zero-order valence-electron chi connectivity index (χ0n) is 8.63. The molecule has 0 saturated carbocycles. The van der Waals surface area contributed by atoms with Crippen LogP contribution in [-0.4, -0.2) is 4.98 Å². The van der Waals surface area contributed by atoms with Gasteiger partial charge in [0.25, 0.3) is 0 Å². The topological polar surface area (TPSA) is 15.8 Å². The Balaban J connectivity index is 2.54. The van der Waals surface area contributed by atoms with Gasteiger partial charge in [0.05, 0.1) is 5.52 Å². The average Bonchev–Trinajstić information content (AvgIpc) is 2.69. The molecule has 1 N–H and O–H groups in total. The van der Waals surface area contributed by atoms with Crippen molar-refractivity contribution in [2.45, 2.75) is 0 Å². The Bertz CT molecular complexity index is 694. The van der Waals surface area contributed by atoms with Crippen molar-refractivity contribution in [3.63, 3.8) is 0 Å². The van der Waals surface area contributed by atoms with Gasteiger partial charge in [0.1, 0.15) is 0 Å². The number of aromatic amines is 1. The molecule has 16 heavy (non-hydrogen) atoms. The summed E-state index contributed by atoms with van der Waals surface area (Å²) in [5.74, 6) is -0.233. The van der Waals surface area contributed by atoms with Crippen molar-refractivity contribution in [1.29, 1.82) is 0 Å². The van der Waals surface area contributed by atoms with Crippen molar-refractivity contribution in [1.82, 2.24) is 4.98 Å². The molecule has 1 aromatic heterocycles. The standard InChI is InChI=1S/C14H10FN/c1-2-9-7-8-11-10-5-3-4-6-12(10)16-14(11)13(9)15/h2-8,16H,1H2. The van der Waals surface area contributed by atoms with E-state index in [9.17, 15) is 4.39 Å². The van der Waals surface area contributed by atoms with E-state index in [1.165, 1.54) is 6.08 Å². The first-order chi connectivity index (χ1) is 7.81. The molecule has 0 amide bonds. The van der Waals surface area contributed by atoms with Gasteiger partial charge in [0.2, 0.25) is 0 Å². The maximum Gasteiger partial charge on any atom is 0.154 e. The second-order valence-corrected chi connectivity index (χ2v) is 3.77. The highest BCUT2D eigenvalue weighted by Gasteiger charge is 2.09. The number of rotatable bonds is 1. The van der Waals surface area contributed by atoms with Gasteiger partial charge in [-0.1, -0.05) is 43.0 Å². The highest BCUT2D eigenvalue weighted by Crippen LogP contribution is 2.28. The molecule has 0 spiro atoms. The van der Waals surface area contributed by atoms with Crippen LogP contribution in [-0.2, 0) is 0 Å². The van der Waals surface area contributed by atoms with Crippen molar-refractivity contribution in [3.05, 3.63) is 54.4 Å². The molecule has 1 nitrogen and oxygen atoms in total. The summed E-state index contributed by atoms with van der Waals surface area (Å²) in [6.45, 7) is 3.60. The lowest BCUT2D eigenvalue weighted by Crippen LogP contribution is -1.83. The molecule has 0 unspecified atom stereocenters. The Kier molecular flexibility index (Phi) is 1.83. The van der Waals surface area contributed by atoms with Crippen LogP contribution in [0.5, 0.6) is 0 Å². The molecule has 3 rings (SSSR count). The van der Waals surface area contributed by atoms with Gasteiger partial charge in [-0.05, 0) is 6.07 Å². The zero-order chi connectivity index (χ0) is 11.1. The van der Waals surface area contributed by atoms with E-state index in [0.717, 1.165) is 16.3 Å². The van der Waals surface area contributed by atoms with Crippen LogP contribution in [0.4, 0.5) is 4.39 Å². The molecule has 3 aromatic rings. The maximum atomic E-state index is 14.0. The predicted molar refractivity (Wildman–Crippen MR) is 65.9 cm³/mol. The van der Waals surface area contributed by atoms with E-state index in [1.807, 2.05) is 30.3 Å². The summed E-state index contributed by atoms with van der Waals surface area (Å²) in [7, 11) is 0. The molecule has 0 bridgehead atoms. The first-order valence-electron chi connectivity index (χ1n) is 5.12. The van der Waals surface area contributed by atoms with Gasteiger partial charge in [0.15, 0.2) is 5.82 Å². The van der Waals surface area contributed by atoms with Crippen LogP contribution < -0.4 is 0 Å². The largest absolute Gasteiger partial charge is 0.352 e. The van der Waals surface area contributed by atoms with Crippen molar-refractivity contribution >= 4 is 27.9 Å². The van der Waals surface area contributed by atoms with Crippen molar-refractivity contribution < 1.29 is 4.39 Å². The number of fused-ring (bicyclic) bond motifs is 3. The predicted octanol–water partition coefficient (Wildman–Crippen LogP) is 4.10. The summed E-state index contributed by atoms with van der Waals surface area (Å²) in [6, 6.07) is 11.5. The third-order valence-corrected chi connectivity index (χ3v) is 2.87. The fourth-order valence-electron chi connectivity index (χ4n) is 2.06. The van der Waals surface area contributed by atoms with E-state index >= 15 is 0 Å². The van der Waals surface area contributed by atoms with Gasteiger partial charge in [-0.25, -0.2) is 4.39 Å². The molecule has 0 aliphatic carbocycles. The molecule has 78 valence electrons. The number of nitrogens with one attached hydrogen (secondary N) is 1. The summed E-state index contributed by atoms with van der Waals surface area (Å²) in [6.07, 6.45) is 1.53. The van der Waals surface area contributed by atoms with Crippen molar-refractivity contribution in [2.75, 3.05) is 0 Å².